The third kappa shape index (κ3) is 2.85. The summed E-state index contributed by atoms with van der Waals surface area (Å²) in [5, 5.41) is 3.50. The van der Waals surface area contributed by atoms with Crippen molar-refractivity contribution in [3.8, 4) is 0 Å². The number of aromatic nitrogens is 1. The van der Waals surface area contributed by atoms with Crippen LogP contribution in [0.1, 0.15) is 32.6 Å². The average molecular weight is 243 g/mol. The first-order valence-corrected chi connectivity index (χ1v) is 6.10. The first-order valence-electron chi connectivity index (χ1n) is 5.72. The van der Waals surface area contributed by atoms with Crippen molar-refractivity contribution in [2.45, 2.75) is 38.6 Å². The van der Waals surface area contributed by atoms with Gasteiger partial charge < -0.3 is 5.32 Å². The Morgan fingerprint density at radius 1 is 1.50 bits per heavy atom. The maximum atomic E-state index is 13.5. The number of rotatable bonds is 2. The zero-order valence-corrected chi connectivity index (χ0v) is 10.1. The van der Waals surface area contributed by atoms with Gasteiger partial charge in [0.05, 0.1) is 5.02 Å². The number of hydrogen-bond donors (Lipinski definition) is 1. The molecule has 0 saturated heterocycles. The highest BCUT2D eigenvalue weighted by Gasteiger charge is 2.19. The molecular formula is C12H16ClFN2. The molecule has 1 aromatic heterocycles. The van der Waals surface area contributed by atoms with Crippen LogP contribution in [0, 0.1) is 11.7 Å². The van der Waals surface area contributed by atoms with Crippen molar-refractivity contribution in [1.82, 2.24) is 4.98 Å². The summed E-state index contributed by atoms with van der Waals surface area (Å²) in [5.41, 5.74) is 0. The van der Waals surface area contributed by atoms with Crippen LogP contribution in [0.25, 0.3) is 0 Å². The van der Waals surface area contributed by atoms with Gasteiger partial charge in [-0.2, -0.15) is 0 Å². The molecule has 0 radical (unpaired) electrons. The van der Waals surface area contributed by atoms with Crippen LogP contribution in [0.3, 0.4) is 0 Å². The molecule has 4 heteroatoms. The quantitative estimate of drug-likeness (QED) is 0.852. The second-order valence-corrected chi connectivity index (χ2v) is 5.03. The summed E-state index contributed by atoms with van der Waals surface area (Å²) < 4.78 is 13.5. The molecular weight excluding hydrogens is 227 g/mol. The number of pyridine rings is 1. The summed E-state index contributed by atoms with van der Waals surface area (Å²) in [5.74, 6) is 0.663. The summed E-state index contributed by atoms with van der Waals surface area (Å²) in [7, 11) is 0. The maximum Gasteiger partial charge on any atom is 0.166 e. The van der Waals surface area contributed by atoms with Gasteiger partial charge in [0, 0.05) is 12.2 Å². The highest BCUT2D eigenvalue weighted by atomic mass is 35.5. The van der Waals surface area contributed by atoms with Gasteiger partial charge in [-0.05, 0) is 24.8 Å². The Hall–Kier alpha value is -0.830. The van der Waals surface area contributed by atoms with Gasteiger partial charge >= 0.3 is 0 Å². The monoisotopic (exact) mass is 242 g/mol. The lowest BCUT2D eigenvalue weighted by molar-refractivity contribution is 0.357. The zero-order chi connectivity index (χ0) is 11.5. The molecule has 1 saturated carbocycles. The number of halogens is 2. The van der Waals surface area contributed by atoms with E-state index in [4.69, 9.17) is 11.6 Å². The van der Waals surface area contributed by atoms with E-state index in [1.54, 1.807) is 0 Å². The molecule has 2 nitrogen and oxygen atoms in total. The minimum absolute atomic E-state index is 0.323. The van der Waals surface area contributed by atoms with E-state index in [9.17, 15) is 4.39 Å². The Labute approximate surface area is 100 Å². The van der Waals surface area contributed by atoms with E-state index in [0.717, 1.165) is 12.8 Å². The number of nitrogens with zero attached hydrogens (tertiary/aromatic N) is 1. The Morgan fingerprint density at radius 2 is 2.31 bits per heavy atom. The summed E-state index contributed by atoms with van der Waals surface area (Å²) in [6, 6.07) is 1.63. The lowest BCUT2D eigenvalue weighted by Crippen LogP contribution is -2.27. The van der Waals surface area contributed by atoms with Gasteiger partial charge in [-0.1, -0.05) is 31.4 Å². The van der Waals surface area contributed by atoms with Crippen LogP contribution < -0.4 is 5.32 Å². The third-order valence-electron chi connectivity index (χ3n) is 3.09. The fourth-order valence-corrected chi connectivity index (χ4v) is 2.42. The second-order valence-electron chi connectivity index (χ2n) is 4.60. The standard InChI is InChI=1S/C12H16ClFN2/c1-8-3-2-4-10(5-8)16-12-11(14)6-9(13)7-15-12/h6-8,10H,2-5H2,1H3,(H,15,16). The summed E-state index contributed by atoms with van der Waals surface area (Å²) in [6.45, 7) is 2.24. The van der Waals surface area contributed by atoms with E-state index in [1.165, 1.54) is 25.1 Å². The van der Waals surface area contributed by atoms with Gasteiger partial charge in [0.1, 0.15) is 0 Å². The Balaban J connectivity index is 2.02. The van der Waals surface area contributed by atoms with E-state index in [-0.39, 0.29) is 5.82 Å². The SMILES string of the molecule is CC1CCCC(Nc2ncc(Cl)cc2F)C1. The Bertz CT molecular complexity index is 370. The Morgan fingerprint density at radius 3 is 3.00 bits per heavy atom. The predicted molar refractivity (Wildman–Crippen MR) is 64.2 cm³/mol. The number of nitrogens with one attached hydrogen (secondary N) is 1. The van der Waals surface area contributed by atoms with Gasteiger partial charge in [-0.25, -0.2) is 9.37 Å². The minimum atomic E-state index is -0.370. The fraction of sp³-hybridized carbons (Fsp3) is 0.583. The molecule has 88 valence electrons. The Kier molecular flexibility index (Phi) is 3.64. The molecule has 16 heavy (non-hydrogen) atoms. The van der Waals surface area contributed by atoms with Crippen molar-refractivity contribution in [3.63, 3.8) is 0 Å². The van der Waals surface area contributed by atoms with Crippen LogP contribution in [0.2, 0.25) is 5.02 Å². The van der Waals surface area contributed by atoms with E-state index < -0.39 is 0 Å². The van der Waals surface area contributed by atoms with Crippen molar-refractivity contribution in [2.24, 2.45) is 5.92 Å². The second kappa shape index (κ2) is 5.00. The normalized spacial score (nSPS) is 25.4. The molecule has 1 heterocycles. The van der Waals surface area contributed by atoms with Crippen LogP contribution >= 0.6 is 11.6 Å². The molecule has 0 aromatic carbocycles. The third-order valence-corrected chi connectivity index (χ3v) is 3.29. The lowest BCUT2D eigenvalue weighted by Gasteiger charge is -2.27. The molecule has 0 bridgehead atoms. The van der Waals surface area contributed by atoms with Crippen molar-refractivity contribution >= 4 is 17.4 Å². The highest BCUT2D eigenvalue weighted by molar-refractivity contribution is 6.30. The molecule has 0 spiro atoms. The molecule has 1 fully saturated rings. The first-order chi connectivity index (χ1) is 7.65. The van der Waals surface area contributed by atoms with Crippen molar-refractivity contribution in [3.05, 3.63) is 23.1 Å². The van der Waals surface area contributed by atoms with Gasteiger partial charge in [-0.3, -0.25) is 0 Å². The zero-order valence-electron chi connectivity index (χ0n) is 9.34. The molecule has 2 unspecified atom stereocenters. The van der Waals surface area contributed by atoms with E-state index in [0.29, 0.717) is 22.8 Å². The van der Waals surface area contributed by atoms with Crippen LogP contribution in [0.15, 0.2) is 12.3 Å². The molecule has 2 atom stereocenters. The average Bonchev–Trinajstić information content (AvgIpc) is 2.22. The number of anilines is 1. The minimum Gasteiger partial charge on any atom is -0.365 e. The largest absolute Gasteiger partial charge is 0.365 e. The van der Waals surface area contributed by atoms with Crippen LogP contribution in [-0.4, -0.2) is 11.0 Å². The molecule has 0 amide bonds. The maximum absolute atomic E-state index is 13.5. The predicted octanol–water partition coefficient (Wildman–Crippen LogP) is 3.86. The van der Waals surface area contributed by atoms with Gasteiger partial charge in [-0.15, -0.1) is 0 Å². The highest BCUT2D eigenvalue weighted by Crippen LogP contribution is 2.26. The van der Waals surface area contributed by atoms with Crippen LogP contribution in [0.4, 0.5) is 10.2 Å². The van der Waals surface area contributed by atoms with Crippen molar-refractivity contribution in [1.29, 1.82) is 0 Å². The smallest absolute Gasteiger partial charge is 0.166 e. The summed E-state index contributed by atoms with van der Waals surface area (Å²) >= 11 is 5.65. The van der Waals surface area contributed by atoms with Crippen molar-refractivity contribution < 1.29 is 4.39 Å². The van der Waals surface area contributed by atoms with E-state index in [1.807, 2.05) is 0 Å². The van der Waals surface area contributed by atoms with E-state index in [2.05, 4.69) is 17.2 Å². The molecule has 1 aromatic rings. The topological polar surface area (TPSA) is 24.9 Å². The molecule has 2 rings (SSSR count). The molecule has 1 N–H and O–H groups in total. The fourth-order valence-electron chi connectivity index (χ4n) is 2.28. The van der Waals surface area contributed by atoms with Crippen LogP contribution in [-0.2, 0) is 0 Å². The summed E-state index contributed by atoms with van der Waals surface area (Å²) in [6.07, 6.45) is 6.12. The van der Waals surface area contributed by atoms with Crippen LogP contribution in [0.5, 0.6) is 0 Å². The molecule has 1 aliphatic rings. The van der Waals surface area contributed by atoms with Gasteiger partial charge in [0.15, 0.2) is 11.6 Å². The van der Waals surface area contributed by atoms with E-state index >= 15 is 0 Å². The molecule has 1 aliphatic carbocycles. The number of hydrogen-bond acceptors (Lipinski definition) is 2. The van der Waals surface area contributed by atoms with Gasteiger partial charge in [0.25, 0.3) is 0 Å². The lowest BCUT2D eigenvalue weighted by atomic mass is 9.87. The van der Waals surface area contributed by atoms with Crippen molar-refractivity contribution in [2.75, 3.05) is 5.32 Å². The van der Waals surface area contributed by atoms with Gasteiger partial charge in [0.2, 0.25) is 0 Å². The summed E-state index contributed by atoms with van der Waals surface area (Å²) in [4.78, 5) is 3.98. The first kappa shape index (κ1) is 11.6. The molecule has 0 aliphatic heterocycles.